The summed E-state index contributed by atoms with van der Waals surface area (Å²) in [6.45, 7) is 7.84. The van der Waals surface area contributed by atoms with Gasteiger partial charge in [-0.25, -0.2) is 0 Å². The molecule has 2 N–H and O–H groups in total. The van der Waals surface area contributed by atoms with Crippen molar-refractivity contribution in [2.45, 2.75) is 20.3 Å². The smallest absolute Gasteiger partial charge is 0.253 e. The maximum absolute atomic E-state index is 12.4. The number of likely N-dealkylation sites (tertiary alicyclic amines) is 1. The van der Waals surface area contributed by atoms with Crippen LogP contribution in [0, 0.1) is 12.8 Å². The van der Waals surface area contributed by atoms with Crippen LogP contribution in [0.4, 0.5) is 5.69 Å². The number of nitrogens with one attached hydrogen (secondary N) is 2. The van der Waals surface area contributed by atoms with Gasteiger partial charge >= 0.3 is 0 Å². The summed E-state index contributed by atoms with van der Waals surface area (Å²) in [5, 5.41) is 6.33. The molecule has 1 unspecified atom stereocenters. The van der Waals surface area contributed by atoms with Crippen LogP contribution in [0.3, 0.4) is 0 Å². The molecule has 2 rings (SSSR count). The third-order valence-electron chi connectivity index (χ3n) is 3.83. The Balaban J connectivity index is 1.99. The molecule has 0 bridgehead atoms. The fourth-order valence-corrected chi connectivity index (χ4v) is 2.72. The molecular weight excluding hydrogens is 250 g/mol. The number of carbonyl (C=O) groups is 1. The molecule has 0 aliphatic carbocycles. The zero-order valence-corrected chi connectivity index (χ0v) is 12.7. The minimum absolute atomic E-state index is 0.0270. The average molecular weight is 275 g/mol. The third kappa shape index (κ3) is 3.73. The van der Waals surface area contributed by atoms with Crippen molar-refractivity contribution in [2.24, 2.45) is 5.92 Å². The quantitative estimate of drug-likeness (QED) is 0.865. The Morgan fingerprint density at radius 2 is 2.25 bits per heavy atom. The Morgan fingerprint density at radius 3 is 2.90 bits per heavy atom. The topological polar surface area (TPSA) is 44.4 Å². The van der Waals surface area contributed by atoms with E-state index in [0.29, 0.717) is 5.92 Å². The zero-order chi connectivity index (χ0) is 14.5. The predicted molar refractivity (Wildman–Crippen MR) is 83.3 cm³/mol. The second-order valence-electron chi connectivity index (χ2n) is 5.71. The molecule has 0 saturated carbocycles. The third-order valence-corrected chi connectivity index (χ3v) is 3.83. The highest BCUT2D eigenvalue weighted by Gasteiger charge is 2.20. The number of hydrogen-bond donors (Lipinski definition) is 2. The van der Waals surface area contributed by atoms with Crippen LogP contribution >= 0.6 is 0 Å². The highest BCUT2D eigenvalue weighted by molar-refractivity contribution is 5.99. The first-order valence-corrected chi connectivity index (χ1v) is 7.41. The van der Waals surface area contributed by atoms with Gasteiger partial charge in [0.25, 0.3) is 5.91 Å². The monoisotopic (exact) mass is 275 g/mol. The predicted octanol–water partition coefficient (Wildman–Crippen LogP) is 2.11. The van der Waals surface area contributed by atoms with Crippen LogP contribution in [0.2, 0.25) is 0 Å². The van der Waals surface area contributed by atoms with Gasteiger partial charge in [-0.05, 0) is 51.9 Å². The Labute approximate surface area is 121 Å². The Hall–Kier alpha value is -1.55. The number of aryl methyl sites for hydroxylation is 1. The minimum Gasteiger partial charge on any atom is -0.385 e. The molecule has 1 heterocycles. The first kappa shape index (κ1) is 14.9. The largest absolute Gasteiger partial charge is 0.385 e. The van der Waals surface area contributed by atoms with E-state index >= 15 is 0 Å². The SMILES string of the molecule is CCNc1ccc(C)cc1C(=O)NCC1CCN(C)C1. The second kappa shape index (κ2) is 6.75. The fraction of sp³-hybridized carbons (Fsp3) is 0.562. The molecule has 1 atom stereocenters. The average Bonchev–Trinajstić information content (AvgIpc) is 2.84. The molecule has 0 radical (unpaired) electrons. The van der Waals surface area contributed by atoms with Crippen LogP contribution in [-0.2, 0) is 0 Å². The van der Waals surface area contributed by atoms with Crippen LogP contribution in [0.5, 0.6) is 0 Å². The van der Waals surface area contributed by atoms with E-state index in [1.54, 1.807) is 0 Å². The second-order valence-corrected chi connectivity index (χ2v) is 5.71. The first-order chi connectivity index (χ1) is 9.60. The lowest BCUT2D eigenvalue weighted by Crippen LogP contribution is -2.31. The molecule has 20 heavy (non-hydrogen) atoms. The van der Waals surface area contributed by atoms with E-state index in [0.717, 1.165) is 43.0 Å². The zero-order valence-electron chi connectivity index (χ0n) is 12.7. The van der Waals surface area contributed by atoms with Crippen molar-refractivity contribution in [3.05, 3.63) is 29.3 Å². The molecule has 1 aliphatic heterocycles. The molecular formula is C16H25N3O. The van der Waals surface area contributed by atoms with Gasteiger partial charge < -0.3 is 15.5 Å². The molecule has 1 aliphatic rings. The summed E-state index contributed by atoms with van der Waals surface area (Å²) >= 11 is 0. The van der Waals surface area contributed by atoms with Gasteiger partial charge in [0.2, 0.25) is 0 Å². The van der Waals surface area contributed by atoms with E-state index in [2.05, 4.69) is 22.6 Å². The highest BCUT2D eigenvalue weighted by atomic mass is 16.1. The van der Waals surface area contributed by atoms with Crippen molar-refractivity contribution in [1.82, 2.24) is 10.2 Å². The summed E-state index contributed by atoms with van der Waals surface area (Å²) in [6.07, 6.45) is 1.17. The van der Waals surface area contributed by atoms with E-state index in [1.165, 1.54) is 6.42 Å². The lowest BCUT2D eigenvalue weighted by Gasteiger charge is -2.14. The molecule has 4 nitrogen and oxygen atoms in total. The van der Waals surface area contributed by atoms with Crippen molar-refractivity contribution >= 4 is 11.6 Å². The number of carbonyl (C=O) groups excluding carboxylic acids is 1. The molecule has 1 aromatic carbocycles. The molecule has 1 amide bonds. The van der Waals surface area contributed by atoms with E-state index < -0.39 is 0 Å². The van der Waals surface area contributed by atoms with Gasteiger partial charge in [-0.3, -0.25) is 4.79 Å². The van der Waals surface area contributed by atoms with Crippen molar-refractivity contribution in [3.63, 3.8) is 0 Å². The number of nitrogens with zero attached hydrogens (tertiary/aromatic N) is 1. The van der Waals surface area contributed by atoms with Crippen molar-refractivity contribution in [3.8, 4) is 0 Å². The van der Waals surface area contributed by atoms with E-state index in [4.69, 9.17) is 0 Å². The molecule has 1 aromatic rings. The molecule has 4 heteroatoms. The first-order valence-electron chi connectivity index (χ1n) is 7.41. The fourth-order valence-electron chi connectivity index (χ4n) is 2.72. The molecule has 1 fully saturated rings. The molecule has 110 valence electrons. The van der Waals surface area contributed by atoms with E-state index in [1.807, 2.05) is 32.0 Å². The van der Waals surface area contributed by atoms with Gasteiger partial charge in [0, 0.05) is 25.3 Å². The summed E-state index contributed by atoms with van der Waals surface area (Å²) in [5.41, 5.74) is 2.77. The number of hydrogen-bond acceptors (Lipinski definition) is 3. The minimum atomic E-state index is 0.0270. The summed E-state index contributed by atoms with van der Waals surface area (Å²) in [6, 6.07) is 5.96. The number of amides is 1. The van der Waals surface area contributed by atoms with Crippen molar-refractivity contribution < 1.29 is 4.79 Å². The van der Waals surface area contributed by atoms with Crippen molar-refractivity contribution in [1.29, 1.82) is 0 Å². The molecule has 0 spiro atoms. The van der Waals surface area contributed by atoms with Gasteiger partial charge in [-0.2, -0.15) is 0 Å². The van der Waals surface area contributed by atoms with Crippen molar-refractivity contribution in [2.75, 3.05) is 38.5 Å². The van der Waals surface area contributed by atoms with Crippen LogP contribution in [0.25, 0.3) is 0 Å². The summed E-state index contributed by atoms with van der Waals surface area (Å²) in [5.74, 6) is 0.607. The Kier molecular flexibility index (Phi) is 5.01. The molecule has 0 aromatic heterocycles. The van der Waals surface area contributed by atoms with Crippen LogP contribution in [-0.4, -0.2) is 44.0 Å². The van der Waals surface area contributed by atoms with E-state index in [9.17, 15) is 4.79 Å². The maximum Gasteiger partial charge on any atom is 0.253 e. The van der Waals surface area contributed by atoms with Gasteiger partial charge in [0.1, 0.15) is 0 Å². The summed E-state index contributed by atoms with van der Waals surface area (Å²) < 4.78 is 0. The lowest BCUT2D eigenvalue weighted by atomic mass is 10.1. The number of benzene rings is 1. The number of anilines is 1. The normalized spacial score (nSPS) is 19.1. The van der Waals surface area contributed by atoms with Crippen LogP contribution in [0.1, 0.15) is 29.3 Å². The number of rotatable bonds is 5. The van der Waals surface area contributed by atoms with Gasteiger partial charge in [-0.15, -0.1) is 0 Å². The van der Waals surface area contributed by atoms with Crippen LogP contribution in [0.15, 0.2) is 18.2 Å². The van der Waals surface area contributed by atoms with Gasteiger partial charge in [0.15, 0.2) is 0 Å². The van der Waals surface area contributed by atoms with Gasteiger partial charge in [-0.1, -0.05) is 11.6 Å². The van der Waals surface area contributed by atoms with Crippen LogP contribution < -0.4 is 10.6 Å². The maximum atomic E-state index is 12.4. The lowest BCUT2D eigenvalue weighted by molar-refractivity contribution is 0.0948. The Bertz CT molecular complexity index is 473. The Morgan fingerprint density at radius 1 is 1.45 bits per heavy atom. The summed E-state index contributed by atoms with van der Waals surface area (Å²) in [4.78, 5) is 14.7. The highest BCUT2D eigenvalue weighted by Crippen LogP contribution is 2.18. The standard InChI is InChI=1S/C16H25N3O/c1-4-17-15-6-5-12(2)9-14(15)16(20)18-10-13-7-8-19(3)11-13/h5-6,9,13,17H,4,7-8,10-11H2,1-3H3,(H,18,20). The molecule has 1 saturated heterocycles. The van der Waals surface area contributed by atoms with E-state index in [-0.39, 0.29) is 5.91 Å². The van der Waals surface area contributed by atoms with Gasteiger partial charge in [0.05, 0.1) is 5.56 Å². The summed E-state index contributed by atoms with van der Waals surface area (Å²) in [7, 11) is 2.13.